The molecule has 154 valence electrons. The van der Waals surface area contributed by atoms with Gasteiger partial charge in [-0.1, -0.05) is 36.4 Å². The minimum Gasteiger partial charge on any atom is -0.463 e. The zero-order valence-electron chi connectivity index (χ0n) is 17.4. The van der Waals surface area contributed by atoms with Crippen molar-refractivity contribution in [2.75, 3.05) is 12.9 Å². The van der Waals surface area contributed by atoms with E-state index in [1.165, 1.54) is 46.9 Å². The number of benzene rings is 2. The van der Waals surface area contributed by atoms with Gasteiger partial charge in [0.15, 0.2) is 0 Å². The van der Waals surface area contributed by atoms with Crippen molar-refractivity contribution in [2.45, 2.75) is 68.5 Å². The van der Waals surface area contributed by atoms with E-state index in [2.05, 4.69) is 48.7 Å². The lowest BCUT2D eigenvalue weighted by Crippen LogP contribution is -2.27. The van der Waals surface area contributed by atoms with Gasteiger partial charge in [-0.05, 0) is 79.0 Å². The number of thioether (sulfide) groups is 1. The lowest BCUT2D eigenvalue weighted by molar-refractivity contribution is -0.149. The number of hydrogen-bond donors (Lipinski definition) is 0. The Labute approximate surface area is 178 Å². The molecule has 0 N–H and O–H groups in total. The standard InChI is InChI=1S/C25H30O3S/c1-17(26)27-16-23-4-3-5-24(28-23)21-12-13-25(29-2)22(15-21)14-18-6-8-19(9-7-18)20-10-11-20/h6-9,12-13,15,20,23-24H,3-5,10-11,14,16H2,1-2H3. The molecule has 2 unspecified atom stereocenters. The molecule has 0 radical (unpaired) electrons. The van der Waals surface area contributed by atoms with Crippen LogP contribution in [-0.4, -0.2) is 24.9 Å². The molecular weight excluding hydrogens is 380 g/mol. The maximum atomic E-state index is 11.1. The first-order chi connectivity index (χ1) is 14.1. The lowest BCUT2D eigenvalue weighted by atomic mass is 9.95. The van der Waals surface area contributed by atoms with Crippen LogP contribution in [0.3, 0.4) is 0 Å². The first kappa shape index (κ1) is 20.5. The summed E-state index contributed by atoms with van der Waals surface area (Å²) in [7, 11) is 0. The van der Waals surface area contributed by atoms with Crippen LogP contribution in [0.25, 0.3) is 0 Å². The molecule has 29 heavy (non-hydrogen) atoms. The first-order valence-electron chi connectivity index (χ1n) is 10.7. The number of ether oxygens (including phenoxy) is 2. The third-order valence-corrected chi connectivity index (χ3v) is 6.76. The Balaban J connectivity index is 1.47. The zero-order chi connectivity index (χ0) is 20.2. The fraction of sp³-hybridized carbons (Fsp3) is 0.480. The van der Waals surface area contributed by atoms with Crippen LogP contribution in [0.15, 0.2) is 47.4 Å². The van der Waals surface area contributed by atoms with E-state index < -0.39 is 0 Å². The van der Waals surface area contributed by atoms with Crippen LogP contribution in [0.5, 0.6) is 0 Å². The Bertz CT molecular complexity index is 842. The van der Waals surface area contributed by atoms with Crippen LogP contribution < -0.4 is 0 Å². The number of hydrogen-bond acceptors (Lipinski definition) is 4. The van der Waals surface area contributed by atoms with Crippen molar-refractivity contribution in [3.05, 3.63) is 64.7 Å². The molecule has 2 fully saturated rings. The van der Waals surface area contributed by atoms with Crippen molar-refractivity contribution >= 4 is 17.7 Å². The van der Waals surface area contributed by atoms with Gasteiger partial charge in [0.2, 0.25) is 0 Å². The zero-order valence-corrected chi connectivity index (χ0v) is 18.2. The summed E-state index contributed by atoms with van der Waals surface area (Å²) in [5.41, 5.74) is 5.45. The predicted molar refractivity (Wildman–Crippen MR) is 118 cm³/mol. The van der Waals surface area contributed by atoms with Gasteiger partial charge in [0.05, 0.1) is 12.2 Å². The molecule has 0 bridgehead atoms. The number of rotatable bonds is 7. The molecule has 1 aliphatic carbocycles. The Morgan fingerprint density at radius 3 is 2.52 bits per heavy atom. The second-order valence-electron chi connectivity index (χ2n) is 8.24. The predicted octanol–water partition coefficient (Wildman–Crippen LogP) is 6.05. The molecule has 4 heteroatoms. The van der Waals surface area contributed by atoms with E-state index in [9.17, 15) is 4.79 Å². The van der Waals surface area contributed by atoms with Gasteiger partial charge in [-0.3, -0.25) is 4.79 Å². The minimum atomic E-state index is -0.241. The summed E-state index contributed by atoms with van der Waals surface area (Å²) in [5.74, 6) is 0.563. The van der Waals surface area contributed by atoms with Crippen molar-refractivity contribution in [2.24, 2.45) is 0 Å². The summed E-state index contributed by atoms with van der Waals surface area (Å²) in [5, 5.41) is 0. The molecule has 2 atom stereocenters. The van der Waals surface area contributed by atoms with E-state index in [-0.39, 0.29) is 18.2 Å². The number of carbonyl (C=O) groups is 1. The number of carbonyl (C=O) groups excluding carboxylic acids is 1. The molecule has 2 aromatic carbocycles. The molecule has 4 rings (SSSR count). The summed E-state index contributed by atoms with van der Waals surface area (Å²) < 4.78 is 11.4. The van der Waals surface area contributed by atoms with E-state index in [1.807, 2.05) is 0 Å². The average molecular weight is 411 g/mol. The van der Waals surface area contributed by atoms with Gasteiger partial charge in [0.25, 0.3) is 0 Å². The Hall–Kier alpha value is -1.78. The fourth-order valence-corrected chi connectivity index (χ4v) is 4.76. The van der Waals surface area contributed by atoms with Crippen LogP contribution in [0.4, 0.5) is 0 Å². The molecule has 0 amide bonds. The van der Waals surface area contributed by atoms with Crippen molar-refractivity contribution in [1.29, 1.82) is 0 Å². The minimum absolute atomic E-state index is 0.00343. The molecule has 1 saturated heterocycles. The summed E-state index contributed by atoms with van der Waals surface area (Å²) in [6.45, 7) is 1.81. The molecular formula is C25H30O3S. The van der Waals surface area contributed by atoms with E-state index >= 15 is 0 Å². The van der Waals surface area contributed by atoms with Gasteiger partial charge in [0.1, 0.15) is 6.61 Å². The van der Waals surface area contributed by atoms with Crippen molar-refractivity contribution in [3.8, 4) is 0 Å². The maximum Gasteiger partial charge on any atom is 0.302 e. The summed E-state index contributed by atoms with van der Waals surface area (Å²) in [6.07, 6.45) is 8.92. The highest BCUT2D eigenvalue weighted by Gasteiger charge is 2.25. The lowest BCUT2D eigenvalue weighted by Gasteiger charge is -2.30. The van der Waals surface area contributed by atoms with E-state index in [0.29, 0.717) is 6.61 Å². The molecule has 1 heterocycles. The van der Waals surface area contributed by atoms with Crippen LogP contribution in [0.1, 0.15) is 73.3 Å². The Morgan fingerprint density at radius 2 is 1.83 bits per heavy atom. The van der Waals surface area contributed by atoms with E-state index in [1.54, 1.807) is 11.8 Å². The number of esters is 1. The third-order valence-electron chi connectivity index (χ3n) is 5.92. The molecule has 1 saturated carbocycles. The second kappa shape index (κ2) is 9.36. The van der Waals surface area contributed by atoms with E-state index in [0.717, 1.165) is 31.6 Å². The third kappa shape index (κ3) is 5.43. The second-order valence-corrected chi connectivity index (χ2v) is 9.09. The molecule has 0 spiro atoms. The average Bonchev–Trinajstić information content (AvgIpc) is 3.58. The van der Waals surface area contributed by atoms with Gasteiger partial charge < -0.3 is 9.47 Å². The van der Waals surface area contributed by atoms with Crippen LogP contribution in [0.2, 0.25) is 0 Å². The summed E-state index contributed by atoms with van der Waals surface area (Å²) in [4.78, 5) is 12.4. The Kier molecular flexibility index (Phi) is 6.61. The van der Waals surface area contributed by atoms with Crippen LogP contribution >= 0.6 is 11.8 Å². The topological polar surface area (TPSA) is 35.5 Å². The molecule has 3 nitrogen and oxygen atoms in total. The fourth-order valence-electron chi connectivity index (χ4n) is 4.16. The highest BCUT2D eigenvalue weighted by Crippen LogP contribution is 2.40. The van der Waals surface area contributed by atoms with Crippen LogP contribution in [-0.2, 0) is 20.7 Å². The summed E-state index contributed by atoms with van der Waals surface area (Å²) in [6, 6.07) is 15.9. The van der Waals surface area contributed by atoms with Crippen molar-refractivity contribution in [3.63, 3.8) is 0 Å². The van der Waals surface area contributed by atoms with Crippen LogP contribution in [0, 0.1) is 0 Å². The highest BCUT2D eigenvalue weighted by molar-refractivity contribution is 7.98. The van der Waals surface area contributed by atoms with Gasteiger partial charge in [-0.15, -0.1) is 11.8 Å². The van der Waals surface area contributed by atoms with Crippen molar-refractivity contribution < 1.29 is 14.3 Å². The largest absolute Gasteiger partial charge is 0.463 e. The molecule has 0 aromatic heterocycles. The van der Waals surface area contributed by atoms with E-state index in [4.69, 9.17) is 9.47 Å². The first-order valence-corrected chi connectivity index (χ1v) is 11.9. The molecule has 1 aliphatic heterocycles. The normalized spacial score (nSPS) is 21.7. The SMILES string of the molecule is CSc1ccc(C2CCCC(COC(C)=O)O2)cc1Cc1ccc(C2CC2)cc1. The quantitative estimate of drug-likeness (QED) is 0.411. The van der Waals surface area contributed by atoms with Gasteiger partial charge in [-0.2, -0.15) is 0 Å². The molecule has 2 aromatic rings. The molecule has 2 aliphatic rings. The Morgan fingerprint density at radius 1 is 1.07 bits per heavy atom. The monoisotopic (exact) mass is 410 g/mol. The smallest absolute Gasteiger partial charge is 0.302 e. The van der Waals surface area contributed by atoms with Crippen molar-refractivity contribution in [1.82, 2.24) is 0 Å². The highest BCUT2D eigenvalue weighted by atomic mass is 32.2. The summed E-state index contributed by atoms with van der Waals surface area (Å²) >= 11 is 1.80. The van der Waals surface area contributed by atoms with Gasteiger partial charge in [0, 0.05) is 11.8 Å². The maximum absolute atomic E-state index is 11.1. The van der Waals surface area contributed by atoms with Gasteiger partial charge >= 0.3 is 5.97 Å². The van der Waals surface area contributed by atoms with Gasteiger partial charge in [-0.25, -0.2) is 0 Å².